The summed E-state index contributed by atoms with van der Waals surface area (Å²) in [5.74, 6) is -0.284. The summed E-state index contributed by atoms with van der Waals surface area (Å²) in [6.07, 6.45) is 4.75. The Hall–Kier alpha value is -2.42. The standard InChI is InChI=1S/C16H9ClN4O2S2/c17-11-3-1-9(2-4-11)13-10(8-23-20-13)7-12-14(22)21(15(18)25-12)16-19-5-6-24-16/h1-8,18H. The quantitative estimate of drug-likeness (QED) is 0.667. The number of amidine groups is 1. The fraction of sp³-hybridized carbons (Fsp3) is 0. The summed E-state index contributed by atoms with van der Waals surface area (Å²) in [6.45, 7) is 0. The van der Waals surface area contributed by atoms with Gasteiger partial charge in [0.2, 0.25) is 0 Å². The average Bonchev–Trinajstić information content (AvgIpc) is 3.31. The van der Waals surface area contributed by atoms with Crippen molar-refractivity contribution in [3.05, 3.63) is 57.6 Å². The van der Waals surface area contributed by atoms with Crippen molar-refractivity contribution in [1.29, 1.82) is 5.41 Å². The van der Waals surface area contributed by atoms with E-state index >= 15 is 0 Å². The summed E-state index contributed by atoms with van der Waals surface area (Å²) < 4.78 is 5.08. The molecule has 1 saturated heterocycles. The van der Waals surface area contributed by atoms with E-state index in [1.54, 1.807) is 29.8 Å². The Morgan fingerprint density at radius 1 is 1.28 bits per heavy atom. The van der Waals surface area contributed by atoms with Crippen molar-refractivity contribution < 1.29 is 9.32 Å². The largest absolute Gasteiger partial charge is 0.363 e. The lowest BCUT2D eigenvalue weighted by atomic mass is 10.1. The van der Waals surface area contributed by atoms with E-state index in [0.29, 0.717) is 26.3 Å². The van der Waals surface area contributed by atoms with Crippen molar-refractivity contribution in [1.82, 2.24) is 10.1 Å². The number of rotatable bonds is 3. The molecule has 25 heavy (non-hydrogen) atoms. The zero-order valence-electron chi connectivity index (χ0n) is 12.5. The second kappa shape index (κ2) is 6.47. The highest BCUT2D eigenvalue weighted by Gasteiger charge is 2.35. The molecule has 1 fully saturated rings. The van der Waals surface area contributed by atoms with Gasteiger partial charge in [-0.15, -0.1) is 11.3 Å². The van der Waals surface area contributed by atoms with Crippen LogP contribution in [0.4, 0.5) is 5.13 Å². The molecule has 0 bridgehead atoms. The van der Waals surface area contributed by atoms with Gasteiger partial charge >= 0.3 is 0 Å². The van der Waals surface area contributed by atoms with Crippen LogP contribution in [0, 0.1) is 5.41 Å². The first-order chi connectivity index (χ1) is 12.1. The van der Waals surface area contributed by atoms with Crippen LogP contribution in [0.5, 0.6) is 0 Å². The van der Waals surface area contributed by atoms with Crippen LogP contribution in [0.15, 0.2) is 51.5 Å². The van der Waals surface area contributed by atoms with E-state index in [4.69, 9.17) is 21.5 Å². The van der Waals surface area contributed by atoms with Gasteiger partial charge in [0, 0.05) is 27.7 Å². The van der Waals surface area contributed by atoms with Crippen LogP contribution in [0.2, 0.25) is 5.02 Å². The third kappa shape index (κ3) is 2.99. The highest BCUT2D eigenvalue weighted by molar-refractivity contribution is 8.19. The molecule has 1 aromatic carbocycles. The molecule has 1 N–H and O–H groups in total. The number of amides is 1. The number of carbonyl (C=O) groups is 1. The molecule has 2 aromatic heterocycles. The normalized spacial score (nSPS) is 16.2. The number of benzene rings is 1. The number of thiazole rings is 1. The Morgan fingerprint density at radius 3 is 2.80 bits per heavy atom. The summed E-state index contributed by atoms with van der Waals surface area (Å²) in [4.78, 5) is 18.4. The summed E-state index contributed by atoms with van der Waals surface area (Å²) in [7, 11) is 0. The van der Waals surface area contributed by atoms with Gasteiger partial charge in [-0.1, -0.05) is 28.9 Å². The minimum atomic E-state index is -0.284. The molecule has 0 atom stereocenters. The number of anilines is 1. The van der Waals surface area contributed by atoms with E-state index in [1.807, 2.05) is 12.1 Å². The van der Waals surface area contributed by atoms with Gasteiger partial charge in [-0.2, -0.15) is 0 Å². The van der Waals surface area contributed by atoms with E-state index in [1.165, 1.54) is 22.5 Å². The molecule has 3 heterocycles. The Labute approximate surface area is 155 Å². The Balaban J connectivity index is 1.69. The van der Waals surface area contributed by atoms with Crippen LogP contribution in [-0.2, 0) is 4.79 Å². The maximum absolute atomic E-state index is 12.6. The molecule has 1 aliphatic heterocycles. The Bertz CT molecular complexity index is 980. The molecular weight excluding hydrogens is 380 g/mol. The van der Waals surface area contributed by atoms with Crippen LogP contribution in [-0.4, -0.2) is 21.2 Å². The summed E-state index contributed by atoms with van der Waals surface area (Å²) in [5.41, 5.74) is 2.09. The molecule has 124 valence electrons. The fourth-order valence-corrected chi connectivity index (χ4v) is 3.96. The molecule has 0 aliphatic carbocycles. The summed E-state index contributed by atoms with van der Waals surface area (Å²) in [5, 5.41) is 15.1. The van der Waals surface area contributed by atoms with Crippen molar-refractivity contribution >= 4 is 57.0 Å². The second-order valence-corrected chi connectivity index (χ2v) is 7.34. The maximum Gasteiger partial charge on any atom is 0.273 e. The van der Waals surface area contributed by atoms with Gasteiger partial charge in [0.05, 0.1) is 4.91 Å². The van der Waals surface area contributed by atoms with Gasteiger partial charge in [-0.05, 0) is 30.0 Å². The number of thioether (sulfide) groups is 1. The van der Waals surface area contributed by atoms with Crippen LogP contribution in [0.3, 0.4) is 0 Å². The lowest BCUT2D eigenvalue weighted by Crippen LogP contribution is -2.27. The number of aromatic nitrogens is 2. The van der Waals surface area contributed by atoms with E-state index in [2.05, 4.69) is 10.1 Å². The van der Waals surface area contributed by atoms with E-state index in [0.717, 1.165) is 17.3 Å². The van der Waals surface area contributed by atoms with Gasteiger partial charge in [0.15, 0.2) is 10.3 Å². The average molecular weight is 389 g/mol. The third-order valence-corrected chi connectivity index (χ3v) is 5.33. The second-order valence-electron chi connectivity index (χ2n) is 5.00. The van der Waals surface area contributed by atoms with Crippen LogP contribution >= 0.6 is 34.7 Å². The predicted molar refractivity (Wildman–Crippen MR) is 99.8 cm³/mol. The lowest BCUT2D eigenvalue weighted by molar-refractivity contribution is -0.113. The topological polar surface area (TPSA) is 83.1 Å². The number of carbonyl (C=O) groups excluding carboxylic acids is 1. The molecule has 1 amide bonds. The first kappa shape index (κ1) is 16.1. The molecule has 0 unspecified atom stereocenters. The minimum Gasteiger partial charge on any atom is -0.363 e. The zero-order valence-corrected chi connectivity index (χ0v) is 14.9. The molecule has 0 spiro atoms. The Kier molecular flexibility index (Phi) is 4.16. The van der Waals surface area contributed by atoms with Gasteiger partial charge < -0.3 is 4.52 Å². The molecule has 0 radical (unpaired) electrons. The lowest BCUT2D eigenvalue weighted by Gasteiger charge is -2.08. The molecule has 6 nitrogen and oxygen atoms in total. The van der Waals surface area contributed by atoms with Crippen LogP contribution in [0.25, 0.3) is 17.3 Å². The monoisotopic (exact) mass is 388 g/mol. The molecule has 3 aromatic rings. The highest BCUT2D eigenvalue weighted by Crippen LogP contribution is 2.37. The Morgan fingerprint density at radius 2 is 2.08 bits per heavy atom. The van der Waals surface area contributed by atoms with Gasteiger partial charge in [-0.3, -0.25) is 10.2 Å². The summed E-state index contributed by atoms with van der Waals surface area (Å²) >= 11 is 8.30. The number of halogens is 1. The van der Waals surface area contributed by atoms with Gasteiger partial charge in [0.1, 0.15) is 12.0 Å². The fourth-order valence-electron chi connectivity index (χ4n) is 2.30. The molecule has 0 saturated carbocycles. The van der Waals surface area contributed by atoms with Crippen molar-refractivity contribution in [2.24, 2.45) is 0 Å². The van der Waals surface area contributed by atoms with Gasteiger partial charge in [0.25, 0.3) is 5.91 Å². The molecular formula is C16H9ClN4O2S2. The first-order valence-electron chi connectivity index (χ1n) is 7.06. The van der Waals surface area contributed by atoms with Crippen LogP contribution < -0.4 is 4.90 Å². The number of nitrogens with zero attached hydrogens (tertiary/aromatic N) is 3. The third-order valence-electron chi connectivity index (χ3n) is 3.44. The predicted octanol–water partition coefficient (Wildman–Crippen LogP) is 4.51. The summed E-state index contributed by atoms with van der Waals surface area (Å²) in [6, 6.07) is 7.18. The van der Waals surface area contributed by atoms with Gasteiger partial charge in [-0.25, -0.2) is 9.88 Å². The number of hydrogen-bond acceptors (Lipinski definition) is 7. The van der Waals surface area contributed by atoms with Crippen LogP contribution in [0.1, 0.15) is 5.56 Å². The van der Waals surface area contributed by atoms with E-state index < -0.39 is 0 Å². The zero-order chi connectivity index (χ0) is 17.4. The number of hydrogen-bond donors (Lipinski definition) is 1. The first-order valence-corrected chi connectivity index (χ1v) is 9.13. The van der Waals surface area contributed by atoms with Crippen molar-refractivity contribution in [3.8, 4) is 11.3 Å². The van der Waals surface area contributed by atoms with Crippen molar-refractivity contribution in [2.75, 3.05) is 4.90 Å². The molecule has 4 rings (SSSR count). The van der Waals surface area contributed by atoms with E-state index in [-0.39, 0.29) is 11.1 Å². The van der Waals surface area contributed by atoms with E-state index in [9.17, 15) is 4.79 Å². The molecule has 9 heteroatoms. The highest BCUT2D eigenvalue weighted by atomic mass is 35.5. The van der Waals surface area contributed by atoms with Crippen molar-refractivity contribution in [3.63, 3.8) is 0 Å². The maximum atomic E-state index is 12.6. The minimum absolute atomic E-state index is 0.121. The van der Waals surface area contributed by atoms with Crippen molar-refractivity contribution in [2.45, 2.75) is 0 Å². The number of nitrogens with one attached hydrogen (secondary N) is 1. The molecule has 1 aliphatic rings. The SMILES string of the molecule is N=C1SC(=Cc2conc2-c2ccc(Cl)cc2)C(=O)N1c1nccs1. The smallest absolute Gasteiger partial charge is 0.273 e.